The lowest BCUT2D eigenvalue weighted by Crippen LogP contribution is -2.19. The van der Waals surface area contributed by atoms with Crippen LogP contribution < -0.4 is 10.1 Å². The van der Waals surface area contributed by atoms with Crippen LogP contribution in [-0.4, -0.2) is 11.1 Å². The monoisotopic (exact) mass is 488 g/mol. The number of nitrogens with zero attached hydrogens (tertiary/aromatic N) is 1. The van der Waals surface area contributed by atoms with Gasteiger partial charge in [-0.25, -0.2) is 4.99 Å². The molecule has 1 saturated heterocycles. The number of thioether (sulfide) groups is 1. The molecule has 0 aromatic heterocycles. The molecule has 0 saturated carbocycles. The number of halogens is 3. The maximum absolute atomic E-state index is 12.3. The Morgan fingerprint density at radius 2 is 1.65 bits per heavy atom. The highest BCUT2D eigenvalue weighted by Crippen LogP contribution is 2.36. The van der Waals surface area contributed by atoms with Gasteiger partial charge in [0.15, 0.2) is 10.9 Å². The van der Waals surface area contributed by atoms with Gasteiger partial charge in [-0.1, -0.05) is 65.1 Å². The molecule has 0 spiro atoms. The highest BCUT2D eigenvalue weighted by atomic mass is 35.5. The molecule has 4 nitrogen and oxygen atoms in total. The number of amides is 1. The Hall–Kier alpha value is -2.44. The maximum atomic E-state index is 12.3. The predicted molar refractivity (Wildman–Crippen MR) is 129 cm³/mol. The third-order valence-corrected chi connectivity index (χ3v) is 5.98. The van der Waals surface area contributed by atoms with Crippen molar-refractivity contribution in [1.82, 2.24) is 5.32 Å². The van der Waals surface area contributed by atoms with Gasteiger partial charge >= 0.3 is 0 Å². The lowest BCUT2D eigenvalue weighted by Gasteiger charge is -2.11. The van der Waals surface area contributed by atoms with Crippen LogP contribution in [0.3, 0.4) is 0 Å². The number of carbonyl (C=O) groups excluding carboxylic acids is 1. The summed E-state index contributed by atoms with van der Waals surface area (Å²) in [5.41, 5.74) is 2.39. The van der Waals surface area contributed by atoms with E-state index in [0.29, 0.717) is 48.7 Å². The molecule has 1 aliphatic rings. The van der Waals surface area contributed by atoms with E-state index in [0.717, 1.165) is 5.56 Å². The lowest BCUT2D eigenvalue weighted by molar-refractivity contribution is -0.115. The Morgan fingerprint density at radius 3 is 2.32 bits per heavy atom. The average molecular weight is 490 g/mol. The molecule has 31 heavy (non-hydrogen) atoms. The van der Waals surface area contributed by atoms with Crippen LogP contribution in [0.2, 0.25) is 15.1 Å². The number of carbonyl (C=O) groups is 1. The fourth-order valence-corrected chi connectivity index (χ4v) is 4.38. The normalized spacial score (nSPS) is 16.0. The van der Waals surface area contributed by atoms with E-state index < -0.39 is 0 Å². The van der Waals surface area contributed by atoms with Crippen molar-refractivity contribution in [3.05, 3.63) is 97.8 Å². The molecule has 1 heterocycles. The number of hydrogen-bond donors (Lipinski definition) is 1. The fraction of sp³-hybridized carbons (Fsp3) is 0.0435. The van der Waals surface area contributed by atoms with E-state index in [-0.39, 0.29) is 5.91 Å². The van der Waals surface area contributed by atoms with E-state index in [2.05, 4.69) is 10.3 Å². The maximum Gasteiger partial charge on any atom is 0.264 e. The van der Waals surface area contributed by atoms with Crippen molar-refractivity contribution in [2.75, 3.05) is 0 Å². The minimum atomic E-state index is -0.241. The first-order valence-corrected chi connectivity index (χ1v) is 11.1. The smallest absolute Gasteiger partial charge is 0.264 e. The number of amidine groups is 1. The molecule has 8 heteroatoms. The third-order valence-electron chi connectivity index (χ3n) is 4.25. The van der Waals surface area contributed by atoms with E-state index in [4.69, 9.17) is 39.5 Å². The second-order valence-corrected chi connectivity index (χ2v) is 8.83. The minimum absolute atomic E-state index is 0.241. The second kappa shape index (κ2) is 9.79. The summed E-state index contributed by atoms with van der Waals surface area (Å²) in [5.74, 6) is 0.164. The van der Waals surface area contributed by atoms with Gasteiger partial charge < -0.3 is 10.1 Å². The number of hydrogen-bond acceptors (Lipinski definition) is 4. The highest BCUT2D eigenvalue weighted by Gasteiger charge is 2.24. The van der Waals surface area contributed by atoms with Gasteiger partial charge in [0.1, 0.15) is 6.61 Å². The van der Waals surface area contributed by atoms with Crippen molar-refractivity contribution < 1.29 is 9.53 Å². The Kier molecular flexibility index (Phi) is 6.88. The van der Waals surface area contributed by atoms with Crippen LogP contribution in [0.15, 0.2) is 76.6 Å². The molecule has 4 rings (SSSR count). The Balaban J connectivity index is 1.50. The molecule has 1 aliphatic heterocycles. The summed E-state index contributed by atoms with van der Waals surface area (Å²) in [4.78, 5) is 17.2. The molecule has 0 radical (unpaired) electrons. The van der Waals surface area contributed by atoms with E-state index in [1.54, 1.807) is 42.5 Å². The number of benzene rings is 3. The minimum Gasteiger partial charge on any atom is -0.486 e. The molecule has 3 aromatic carbocycles. The predicted octanol–water partition coefficient (Wildman–Crippen LogP) is 7.12. The fourth-order valence-electron chi connectivity index (χ4n) is 2.80. The first-order chi connectivity index (χ1) is 15.0. The van der Waals surface area contributed by atoms with Crippen LogP contribution in [-0.2, 0) is 11.4 Å². The summed E-state index contributed by atoms with van der Waals surface area (Å²) < 4.78 is 5.79. The summed E-state index contributed by atoms with van der Waals surface area (Å²) in [6, 6.07) is 20.2. The van der Waals surface area contributed by atoms with Crippen molar-refractivity contribution in [1.29, 1.82) is 0 Å². The highest BCUT2D eigenvalue weighted by molar-refractivity contribution is 8.18. The molecule has 3 aromatic rings. The zero-order valence-corrected chi connectivity index (χ0v) is 19.0. The lowest BCUT2D eigenvalue weighted by atomic mass is 10.2. The topological polar surface area (TPSA) is 50.7 Å². The van der Waals surface area contributed by atoms with Gasteiger partial charge in [0, 0.05) is 5.02 Å². The summed E-state index contributed by atoms with van der Waals surface area (Å²) in [6.45, 7) is 0.351. The number of ether oxygens (including phenoxy) is 1. The number of aliphatic imine (C=N–C) groups is 1. The first kappa shape index (κ1) is 21.8. The molecule has 1 fully saturated rings. The van der Waals surface area contributed by atoms with Crippen LogP contribution in [0.4, 0.5) is 5.69 Å². The molecular formula is C23H15Cl3N2O2S. The largest absolute Gasteiger partial charge is 0.486 e. The average Bonchev–Trinajstić information content (AvgIpc) is 3.08. The molecule has 156 valence electrons. The van der Waals surface area contributed by atoms with Crippen LogP contribution in [0.5, 0.6) is 5.75 Å². The van der Waals surface area contributed by atoms with Crippen molar-refractivity contribution in [3.8, 4) is 5.75 Å². The van der Waals surface area contributed by atoms with E-state index in [1.165, 1.54) is 11.8 Å². The van der Waals surface area contributed by atoms with Gasteiger partial charge in [0.25, 0.3) is 5.91 Å². The van der Waals surface area contributed by atoms with Gasteiger partial charge in [-0.3, -0.25) is 4.79 Å². The van der Waals surface area contributed by atoms with E-state index in [9.17, 15) is 4.79 Å². The summed E-state index contributed by atoms with van der Waals surface area (Å²) in [6.07, 6.45) is 1.71. The molecule has 0 bridgehead atoms. The zero-order valence-electron chi connectivity index (χ0n) is 15.9. The van der Waals surface area contributed by atoms with Crippen LogP contribution >= 0.6 is 46.6 Å². The molecular weight excluding hydrogens is 475 g/mol. The van der Waals surface area contributed by atoms with Gasteiger partial charge in [-0.2, -0.15) is 0 Å². The van der Waals surface area contributed by atoms with Crippen molar-refractivity contribution in [3.63, 3.8) is 0 Å². The van der Waals surface area contributed by atoms with Gasteiger partial charge in [0.2, 0.25) is 0 Å². The van der Waals surface area contributed by atoms with Gasteiger partial charge in [-0.15, -0.1) is 0 Å². The number of rotatable bonds is 5. The molecule has 1 N–H and O–H groups in total. The summed E-state index contributed by atoms with van der Waals surface area (Å²) >= 11 is 19.9. The van der Waals surface area contributed by atoms with Crippen molar-refractivity contribution in [2.24, 2.45) is 4.99 Å². The second-order valence-electron chi connectivity index (χ2n) is 6.55. The summed E-state index contributed by atoms with van der Waals surface area (Å²) in [5, 5.41) is 4.59. The number of nitrogens with one attached hydrogen (secondary N) is 1. The first-order valence-electron chi connectivity index (χ1n) is 9.19. The zero-order chi connectivity index (χ0) is 21.8. The third kappa shape index (κ3) is 5.63. The van der Waals surface area contributed by atoms with Crippen LogP contribution in [0, 0.1) is 0 Å². The van der Waals surface area contributed by atoms with Crippen LogP contribution in [0.25, 0.3) is 6.08 Å². The SMILES string of the molecule is O=C1NC(=Nc2ccc(Cl)cc2)SC1=Cc1cc(Cl)c(OCc2ccccc2)c(Cl)c1. The van der Waals surface area contributed by atoms with E-state index in [1.807, 2.05) is 30.3 Å². The van der Waals surface area contributed by atoms with Gasteiger partial charge in [-0.05, 0) is 65.4 Å². The van der Waals surface area contributed by atoms with E-state index >= 15 is 0 Å². The van der Waals surface area contributed by atoms with Gasteiger partial charge in [0.05, 0.1) is 20.6 Å². The molecule has 0 aliphatic carbocycles. The molecule has 0 unspecified atom stereocenters. The summed E-state index contributed by atoms with van der Waals surface area (Å²) in [7, 11) is 0. The molecule has 1 amide bonds. The van der Waals surface area contributed by atoms with Crippen molar-refractivity contribution in [2.45, 2.75) is 6.61 Å². The Morgan fingerprint density at radius 1 is 0.968 bits per heavy atom. The standard InChI is InChI=1S/C23H15Cl3N2O2S/c24-16-6-8-17(9-7-16)27-23-28-22(29)20(31-23)12-15-10-18(25)21(19(26)11-15)30-13-14-4-2-1-3-5-14/h1-12H,13H2,(H,27,28,29). The van der Waals surface area contributed by atoms with Crippen LogP contribution in [0.1, 0.15) is 11.1 Å². The van der Waals surface area contributed by atoms with Crippen molar-refractivity contribution >= 4 is 69.4 Å². The molecule has 0 atom stereocenters. The Labute approximate surface area is 198 Å². The Bertz CT molecular complexity index is 1160. The quantitative estimate of drug-likeness (QED) is 0.388.